The summed E-state index contributed by atoms with van der Waals surface area (Å²) >= 11 is 6.38. The summed E-state index contributed by atoms with van der Waals surface area (Å²) in [5.41, 5.74) is 3.64. The normalized spacial score (nSPS) is 10.6. The van der Waals surface area contributed by atoms with Gasteiger partial charge in [-0.3, -0.25) is 9.59 Å². The largest absolute Gasteiger partial charge is 0.454 e. The molecule has 0 aliphatic heterocycles. The number of rotatable bonds is 7. The maximum atomic E-state index is 12.5. The number of Topliss-reactive ketones (excluding diaryl/α,β-unsaturated/α-hetero) is 1. The van der Waals surface area contributed by atoms with Crippen LogP contribution in [0, 0.1) is 13.8 Å². The molecule has 1 heterocycles. The Balaban J connectivity index is 1.65. The first kappa shape index (κ1) is 22.2. The Hall–Kier alpha value is -3.45. The van der Waals surface area contributed by atoms with E-state index in [1.165, 1.54) is 11.6 Å². The first-order chi connectivity index (χ1) is 14.7. The second kappa shape index (κ2) is 9.57. The minimum atomic E-state index is -0.708. The number of hydrogen-bond acceptors (Lipinski definition) is 5. The number of carbonyl (C=O) groups is 3. The van der Waals surface area contributed by atoms with Gasteiger partial charge in [0, 0.05) is 18.2 Å². The van der Waals surface area contributed by atoms with Gasteiger partial charge in [0.1, 0.15) is 10.7 Å². The number of hydrogen-bond donors (Lipinski definition) is 1. The molecule has 1 aromatic heterocycles. The molecule has 0 aliphatic rings. The van der Waals surface area contributed by atoms with E-state index in [0.29, 0.717) is 23.5 Å². The van der Waals surface area contributed by atoms with Crippen LogP contribution in [0.2, 0.25) is 5.15 Å². The van der Waals surface area contributed by atoms with Gasteiger partial charge in [0.05, 0.1) is 12.2 Å². The third kappa shape index (κ3) is 5.58. The van der Waals surface area contributed by atoms with E-state index in [4.69, 9.17) is 16.3 Å². The number of aromatic nitrogens is 2. The molecule has 8 heteroatoms. The number of ether oxygens (including phenoxy) is 1. The Kier molecular flexibility index (Phi) is 6.87. The fourth-order valence-corrected chi connectivity index (χ4v) is 3.30. The first-order valence-electron chi connectivity index (χ1n) is 9.61. The molecule has 0 atom stereocenters. The van der Waals surface area contributed by atoms with Crippen LogP contribution in [-0.4, -0.2) is 34.0 Å². The molecule has 2 aromatic carbocycles. The van der Waals surface area contributed by atoms with E-state index in [9.17, 15) is 14.4 Å². The van der Waals surface area contributed by atoms with Crippen LogP contribution in [0.4, 0.5) is 5.69 Å². The maximum absolute atomic E-state index is 12.5. The van der Waals surface area contributed by atoms with Gasteiger partial charge in [0.15, 0.2) is 12.4 Å². The number of esters is 1. The summed E-state index contributed by atoms with van der Waals surface area (Å²) < 4.78 is 6.71. The molecule has 3 rings (SSSR count). The molecule has 0 spiro atoms. The summed E-state index contributed by atoms with van der Waals surface area (Å²) in [6.45, 7) is 5.04. The Morgan fingerprint density at radius 1 is 1.03 bits per heavy atom. The number of carbonyl (C=O) groups excluding carboxylic acids is 3. The first-order valence-corrected chi connectivity index (χ1v) is 9.99. The summed E-state index contributed by atoms with van der Waals surface area (Å²) in [6, 6.07) is 14.2. The highest BCUT2D eigenvalue weighted by Gasteiger charge is 2.23. The maximum Gasteiger partial charge on any atom is 0.343 e. The van der Waals surface area contributed by atoms with Gasteiger partial charge in [-0.2, -0.15) is 5.10 Å². The third-order valence-electron chi connectivity index (χ3n) is 4.58. The molecule has 1 N–H and O–H groups in total. The number of benzene rings is 2. The quantitative estimate of drug-likeness (QED) is 0.440. The van der Waals surface area contributed by atoms with Gasteiger partial charge in [-0.15, -0.1) is 0 Å². The number of ketones is 1. The number of nitrogens with one attached hydrogen (secondary N) is 1. The van der Waals surface area contributed by atoms with Crippen molar-refractivity contribution >= 4 is 34.9 Å². The minimum absolute atomic E-state index is 0.141. The smallest absolute Gasteiger partial charge is 0.343 e. The van der Waals surface area contributed by atoms with Gasteiger partial charge >= 0.3 is 5.97 Å². The van der Waals surface area contributed by atoms with E-state index in [0.717, 1.165) is 11.1 Å². The van der Waals surface area contributed by atoms with Crippen molar-refractivity contribution in [2.24, 2.45) is 0 Å². The lowest BCUT2D eigenvalue weighted by atomic mass is 10.1. The average Bonchev–Trinajstić information content (AvgIpc) is 3.00. The number of amides is 1. The van der Waals surface area contributed by atoms with Gasteiger partial charge in [-0.25, -0.2) is 9.48 Å². The lowest BCUT2D eigenvalue weighted by molar-refractivity contribution is -0.114. The predicted octanol–water partition coefficient (Wildman–Crippen LogP) is 4.20. The van der Waals surface area contributed by atoms with Crippen LogP contribution >= 0.6 is 11.6 Å². The van der Waals surface area contributed by atoms with Crippen LogP contribution in [0.5, 0.6) is 0 Å². The van der Waals surface area contributed by atoms with E-state index < -0.39 is 12.6 Å². The van der Waals surface area contributed by atoms with Gasteiger partial charge in [0.2, 0.25) is 5.91 Å². The predicted molar refractivity (Wildman–Crippen MR) is 118 cm³/mol. The molecule has 0 fully saturated rings. The third-order valence-corrected chi connectivity index (χ3v) is 4.97. The van der Waals surface area contributed by atoms with Crippen molar-refractivity contribution < 1.29 is 19.1 Å². The Labute approximate surface area is 185 Å². The molecule has 160 valence electrons. The van der Waals surface area contributed by atoms with Crippen LogP contribution in [0.1, 0.15) is 44.5 Å². The highest BCUT2D eigenvalue weighted by Crippen LogP contribution is 2.22. The Morgan fingerprint density at radius 3 is 2.29 bits per heavy atom. The number of halogens is 1. The van der Waals surface area contributed by atoms with Crippen molar-refractivity contribution in [1.29, 1.82) is 0 Å². The molecule has 0 unspecified atom stereocenters. The van der Waals surface area contributed by atoms with Crippen LogP contribution < -0.4 is 5.32 Å². The molecule has 7 nitrogen and oxygen atoms in total. The summed E-state index contributed by atoms with van der Waals surface area (Å²) in [5.74, 6) is -1.28. The molecule has 0 aliphatic carbocycles. The van der Waals surface area contributed by atoms with E-state index in [2.05, 4.69) is 10.4 Å². The molecule has 0 saturated heterocycles. The van der Waals surface area contributed by atoms with Crippen LogP contribution in [0.15, 0.2) is 48.5 Å². The number of aryl methyl sites for hydroxylation is 2. The number of nitrogens with zero attached hydrogens (tertiary/aromatic N) is 2. The second-order valence-corrected chi connectivity index (χ2v) is 7.51. The molecule has 0 radical (unpaired) electrons. The molecule has 0 bridgehead atoms. The van der Waals surface area contributed by atoms with E-state index >= 15 is 0 Å². The zero-order valence-electron chi connectivity index (χ0n) is 17.4. The zero-order valence-corrected chi connectivity index (χ0v) is 18.2. The lowest BCUT2D eigenvalue weighted by Crippen LogP contribution is -2.15. The second-order valence-electron chi connectivity index (χ2n) is 7.15. The summed E-state index contributed by atoms with van der Waals surface area (Å²) in [7, 11) is 0. The van der Waals surface area contributed by atoms with Crippen molar-refractivity contribution in [3.8, 4) is 0 Å². The molecule has 1 amide bonds. The van der Waals surface area contributed by atoms with Gasteiger partial charge in [0.25, 0.3) is 0 Å². The monoisotopic (exact) mass is 439 g/mol. The van der Waals surface area contributed by atoms with E-state index in [1.54, 1.807) is 31.2 Å². The van der Waals surface area contributed by atoms with Crippen molar-refractivity contribution in [2.45, 2.75) is 27.3 Å². The molecule has 0 saturated carbocycles. The van der Waals surface area contributed by atoms with Crippen molar-refractivity contribution in [2.75, 3.05) is 11.9 Å². The highest BCUT2D eigenvalue weighted by atomic mass is 35.5. The van der Waals surface area contributed by atoms with Crippen LogP contribution in [-0.2, 0) is 16.1 Å². The fourth-order valence-electron chi connectivity index (χ4n) is 2.99. The van der Waals surface area contributed by atoms with E-state index in [-0.39, 0.29) is 22.4 Å². The van der Waals surface area contributed by atoms with Crippen molar-refractivity contribution in [1.82, 2.24) is 9.78 Å². The SMILES string of the molecule is CC(=O)Nc1ccc(C(=O)COC(=O)c2c(C)nn(Cc3ccc(C)cc3)c2Cl)cc1. The van der Waals surface area contributed by atoms with E-state index in [1.807, 2.05) is 31.2 Å². The van der Waals surface area contributed by atoms with Gasteiger partial charge in [-0.1, -0.05) is 41.4 Å². The topological polar surface area (TPSA) is 90.3 Å². The number of anilines is 1. The van der Waals surface area contributed by atoms with Crippen molar-refractivity contribution in [3.05, 3.63) is 81.6 Å². The standard InChI is InChI=1S/C23H22ClN3O4/c1-14-4-6-17(7-5-14)12-27-22(24)21(15(2)26-27)23(30)31-13-20(29)18-8-10-19(11-9-18)25-16(3)28/h4-11H,12-13H2,1-3H3,(H,25,28). The lowest BCUT2D eigenvalue weighted by Gasteiger charge is -2.06. The average molecular weight is 440 g/mol. The summed E-state index contributed by atoms with van der Waals surface area (Å²) in [6.07, 6.45) is 0. The summed E-state index contributed by atoms with van der Waals surface area (Å²) in [5, 5.41) is 7.11. The highest BCUT2D eigenvalue weighted by molar-refractivity contribution is 6.32. The fraction of sp³-hybridized carbons (Fsp3) is 0.217. The summed E-state index contributed by atoms with van der Waals surface area (Å²) in [4.78, 5) is 36.0. The molecule has 3 aromatic rings. The molecular weight excluding hydrogens is 418 g/mol. The van der Waals surface area contributed by atoms with Gasteiger partial charge < -0.3 is 10.1 Å². The van der Waals surface area contributed by atoms with Crippen LogP contribution in [0.25, 0.3) is 0 Å². The van der Waals surface area contributed by atoms with Crippen molar-refractivity contribution in [3.63, 3.8) is 0 Å². The Bertz CT molecular complexity index is 1120. The Morgan fingerprint density at radius 2 is 1.68 bits per heavy atom. The molecular formula is C23H22ClN3O4. The van der Waals surface area contributed by atoms with Crippen LogP contribution in [0.3, 0.4) is 0 Å². The minimum Gasteiger partial charge on any atom is -0.454 e. The zero-order chi connectivity index (χ0) is 22.5. The molecule has 31 heavy (non-hydrogen) atoms. The van der Waals surface area contributed by atoms with Gasteiger partial charge in [-0.05, 0) is 43.7 Å².